The molecule has 1 aliphatic rings. The summed E-state index contributed by atoms with van der Waals surface area (Å²) < 4.78 is 10.2. The van der Waals surface area contributed by atoms with Crippen LogP contribution in [0.5, 0.6) is 0 Å². The number of piperidine rings is 1. The fourth-order valence-corrected chi connectivity index (χ4v) is 2.33. The second-order valence-electron chi connectivity index (χ2n) is 6.45. The maximum absolute atomic E-state index is 11.9. The molecule has 0 spiro atoms. The highest BCUT2D eigenvalue weighted by Gasteiger charge is 2.26. The molecule has 1 heterocycles. The molecule has 122 valence electrons. The zero-order valence-corrected chi connectivity index (χ0v) is 13.6. The summed E-state index contributed by atoms with van der Waals surface area (Å²) in [6.07, 6.45) is 2.13. The Labute approximate surface area is 127 Å². The van der Waals surface area contributed by atoms with E-state index in [0.717, 1.165) is 12.8 Å². The molecule has 21 heavy (non-hydrogen) atoms. The maximum Gasteiger partial charge on any atom is 0.317 e. The average Bonchev–Trinajstić information content (AvgIpc) is 2.37. The van der Waals surface area contributed by atoms with Crippen molar-refractivity contribution in [1.29, 1.82) is 0 Å². The predicted molar refractivity (Wildman–Crippen MR) is 80.0 cm³/mol. The van der Waals surface area contributed by atoms with Gasteiger partial charge in [-0.2, -0.15) is 0 Å². The van der Waals surface area contributed by atoms with E-state index in [-0.39, 0.29) is 12.0 Å². The molecule has 2 amide bonds. The molecule has 1 N–H and O–H groups in total. The quantitative estimate of drug-likeness (QED) is 0.621. The van der Waals surface area contributed by atoms with Crippen LogP contribution < -0.4 is 5.32 Å². The first-order valence-electron chi connectivity index (χ1n) is 7.55. The highest BCUT2D eigenvalue weighted by Crippen LogP contribution is 2.22. The first-order chi connectivity index (χ1) is 9.81. The Morgan fingerprint density at radius 3 is 2.38 bits per heavy atom. The minimum atomic E-state index is -0.432. The van der Waals surface area contributed by atoms with E-state index < -0.39 is 5.60 Å². The zero-order valence-electron chi connectivity index (χ0n) is 13.6. The van der Waals surface area contributed by atoms with Crippen LogP contribution in [0, 0.1) is 5.92 Å². The fourth-order valence-electron chi connectivity index (χ4n) is 2.33. The topological polar surface area (TPSA) is 67.9 Å². The summed E-state index contributed by atoms with van der Waals surface area (Å²) in [6, 6.07) is -0.0530. The van der Waals surface area contributed by atoms with Crippen LogP contribution in [0.15, 0.2) is 0 Å². The molecule has 1 aliphatic heterocycles. The maximum atomic E-state index is 11.9. The van der Waals surface area contributed by atoms with Gasteiger partial charge in [0.25, 0.3) is 0 Å². The Balaban J connectivity index is 2.25. The van der Waals surface area contributed by atoms with Crippen molar-refractivity contribution in [3.8, 4) is 0 Å². The third-order valence-electron chi connectivity index (χ3n) is 3.36. The van der Waals surface area contributed by atoms with Gasteiger partial charge in [-0.1, -0.05) is 0 Å². The van der Waals surface area contributed by atoms with Gasteiger partial charge in [0.2, 0.25) is 0 Å². The zero-order chi connectivity index (χ0) is 15.9. The second kappa shape index (κ2) is 8.22. The van der Waals surface area contributed by atoms with Gasteiger partial charge in [-0.15, -0.1) is 0 Å². The Morgan fingerprint density at radius 1 is 1.24 bits per heavy atom. The third kappa shape index (κ3) is 7.32. The molecular formula is C15H28N2O4. The normalized spacial score (nSPS) is 16.7. The van der Waals surface area contributed by atoms with Gasteiger partial charge >= 0.3 is 12.0 Å². The Hall–Kier alpha value is -1.30. The highest BCUT2D eigenvalue weighted by atomic mass is 16.6. The van der Waals surface area contributed by atoms with Crippen LogP contribution in [0.2, 0.25) is 0 Å². The molecule has 6 nitrogen and oxygen atoms in total. The van der Waals surface area contributed by atoms with E-state index in [1.165, 1.54) is 0 Å². The Bertz CT molecular complexity index is 344. The first kappa shape index (κ1) is 17.8. The molecule has 0 atom stereocenters. The van der Waals surface area contributed by atoms with Crippen molar-refractivity contribution in [2.24, 2.45) is 5.92 Å². The fraction of sp³-hybridized carbons (Fsp3) is 0.867. The number of nitrogens with zero attached hydrogens (tertiary/aromatic N) is 1. The number of esters is 1. The summed E-state index contributed by atoms with van der Waals surface area (Å²) in [6.45, 7) is 8.03. The van der Waals surface area contributed by atoms with Crippen LogP contribution in [0.3, 0.4) is 0 Å². The van der Waals surface area contributed by atoms with Crippen molar-refractivity contribution in [2.75, 3.05) is 33.4 Å². The monoisotopic (exact) mass is 300 g/mol. The van der Waals surface area contributed by atoms with Gasteiger partial charge in [-0.05, 0) is 39.5 Å². The SMILES string of the molecule is COCCNC(=O)N1CCC(CC(=O)OC(C)(C)C)CC1. The lowest BCUT2D eigenvalue weighted by molar-refractivity contribution is -0.156. The summed E-state index contributed by atoms with van der Waals surface area (Å²) in [5.74, 6) is 0.161. The number of nitrogens with one attached hydrogen (secondary N) is 1. The number of urea groups is 1. The van der Waals surface area contributed by atoms with Crippen LogP contribution >= 0.6 is 0 Å². The van der Waals surface area contributed by atoms with Crippen molar-refractivity contribution in [1.82, 2.24) is 10.2 Å². The molecule has 1 saturated heterocycles. The minimum Gasteiger partial charge on any atom is -0.460 e. The van der Waals surface area contributed by atoms with Crippen molar-refractivity contribution in [2.45, 2.75) is 45.6 Å². The molecule has 6 heteroatoms. The van der Waals surface area contributed by atoms with E-state index in [0.29, 0.717) is 38.6 Å². The number of amides is 2. The number of rotatable bonds is 5. The van der Waals surface area contributed by atoms with Crippen molar-refractivity contribution >= 4 is 12.0 Å². The molecule has 0 aromatic heterocycles. The molecule has 0 bridgehead atoms. The van der Waals surface area contributed by atoms with Crippen LogP contribution in [0.25, 0.3) is 0 Å². The Kier molecular flexibility index (Phi) is 6.95. The van der Waals surface area contributed by atoms with Gasteiger partial charge in [0.05, 0.1) is 6.61 Å². The second-order valence-corrected chi connectivity index (χ2v) is 6.45. The number of hydrogen-bond donors (Lipinski definition) is 1. The molecule has 0 aliphatic carbocycles. The van der Waals surface area contributed by atoms with Crippen LogP contribution in [0.4, 0.5) is 4.79 Å². The number of carbonyl (C=O) groups excluding carboxylic acids is 2. The largest absolute Gasteiger partial charge is 0.460 e. The van der Waals surface area contributed by atoms with E-state index in [1.54, 1.807) is 12.0 Å². The molecule has 0 radical (unpaired) electrons. The lowest BCUT2D eigenvalue weighted by atomic mass is 9.93. The molecule has 0 unspecified atom stereocenters. The van der Waals surface area contributed by atoms with Gasteiger partial charge in [0, 0.05) is 33.2 Å². The predicted octanol–water partition coefficient (Wildman–Crippen LogP) is 1.79. The van der Waals surface area contributed by atoms with Crippen LogP contribution in [0.1, 0.15) is 40.0 Å². The lowest BCUT2D eigenvalue weighted by Crippen LogP contribution is -2.45. The standard InChI is InChI=1S/C15H28N2O4/c1-15(2,3)21-13(18)11-12-5-8-17(9-6-12)14(19)16-7-10-20-4/h12H,5-11H2,1-4H3,(H,16,19). The molecule has 1 rings (SSSR count). The summed E-state index contributed by atoms with van der Waals surface area (Å²) in [5.41, 5.74) is -0.432. The van der Waals surface area contributed by atoms with E-state index >= 15 is 0 Å². The van der Waals surface area contributed by atoms with E-state index in [1.807, 2.05) is 20.8 Å². The lowest BCUT2D eigenvalue weighted by Gasteiger charge is -2.32. The third-order valence-corrected chi connectivity index (χ3v) is 3.36. The minimum absolute atomic E-state index is 0.0530. The van der Waals surface area contributed by atoms with Gasteiger partial charge in [-0.25, -0.2) is 4.79 Å². The van der Waals surface area contributed by atoms with Crippen molar-refractivity contribution < 1.29 is 19.1 Å². The van der Waals surface area contributed by atoms with Gasteiger partial charge in [0.1, 0.15) is 5.60 Å². The van der Waals surface area contributed by atoms with Gasteiger partial charge in [0.15, 0.2) is 0 Å². The average molecular weight is 300 g/mol. The molecule has 0 aromatic rings. The summed E-state index contributed by atoms with van der Waals surface area (Å²) in [4.78, 5) is 25.4. The smallest absolute Gasteiger partial charge is 0.317 e. The van der Waals surface area contributed by atoms with E-state index in [2.05, 4.69) is 5.32 Å². The molecule has 0 saturated carbocycles. The molecule has 0 aromatic carbocycles. The van der Waals surface area contributed by atoms with Gasteiger partial charge in [-0.3, -0.25) is 4.79 Å². The number of carbonyl (C=O) groups is 2. The molecule has 1 fully saturated rings. The summed E-state index contributed by atoms with van der Waals surface area (Å²) in [5, 5.41) is 2.81. The van der Waals surface area contributed by atoms with Crippen LogP contribution in [-0.2, 0) is 14.3 Å². The number of methoxy groups -OCH3 is 1. The number of likely N-dealkylation sites (tertiary alicyclic amines) is 1. The number of ether oxygens (including phenoxy) is 2. The Morgan fingerprint density at radius 2 is 1.86 bits per heavy atom. The summed E-state index contributed by atoms with van der Waals surface area (Å²) >= 11 is 0. The molecular weight excluding hydrogens is 272 g/mol. The van der Waals surface area contributed by atoms with E-state index in [9.17, 15) is 9.59 Å². The number of hydrogen-bond acceptors (Lipinski definition) is 4. The van der Waals surface area contributed by atoms with E-state index in [4.69, 9.17) is 9.47 Å². The van der Waals surface area contributed by atoms with Crippen LogP contribution in [-0.4, -0.2) is 55.9 Å². The highest BCUT2D eigenvalue weighted by molar-refractivity contribution is 5.74. The van der Waals surface area contributed by atoms with Gasteiger partial charge < -0.3 is 19.7 Å². The summed E-state index contributed by atoms with van der Waals surface area (Å²) in [7, 11) is 1.61. The first-order valence-corrected chi connectivity index (χ1v) is 7.55. The van der Waals surface area contributed by atoms with Crippen molar-refractivity contribution in [3.63, 3.8) is 0 Å². The van der Waals surface area contributed by atoms with Crippen molar-refractivity contribution in [3.05, 3.63) is 0 Å².